The van der Waals surface area contributed by atoms with Crippen molar-refractivity contribution in [3.05, 3.63) is 0 Å². The summed E-state index contributed by atoms with van der Waals surface area (Å²) in [5.74, 6) is 0.0696. The highest BCUT2D eigenvalue weighted by molar-refractivity contribution is 5.60. The maximum absolute atomic E-state index is 12.0. The number of carbonyl (C=O) groups excluding carboxylic acids is 1. The Bertz CT molecular complexity index is 554. The van der Waals surface area contributed by atoms with Crippen molar-refractivity contribution in [3.63, 3.8) is 0 Å². The molecule has 1 aliphatic carbocycles. The van der Waals surface area contributed by atoms with Crippen LogP contribution in [-0.2, 0) is 28.7 Å². The highest BCUT2D eigenvalue weighted by Crippen LogP contribution is 2.60. The Kier molecular flexibility index (Phi) is 4.70. The molecule has 0 aromatic heterocycles. The minimum Gasteiger partial charge on any atom is -0.434 e. The van der Waals surface area contributed by atoms with Gasteiger partial charge < -0.3 is 18.9 Å². The summed E-state index contributed by atoms with van der Waals surface area (Å²) in [6.45, 7) is 8.47. The molecule has 4 heterocycles. The molecular weight excluding hydrogens is 340 g/mol. The van der Waals surface area contributed by atoms with Gasteiger partial charge in [0, 0.05) is 18.3 Å². The smallest absolute Gasteiger partial charge is 0.434 e. The van der Waals surface area contributed by atoms with Crippen LogP contribution in [0.25, 0.3) is 0 Å². The van der Waals surface area contributed by atoms with Gasteiger partial charge in [-0.3, -0.25) is 0 Å². The Morgan fingerprint density at radius 2 is 1.96 bits per heavy atom. The molecule has 0 unspecified atom stereocenters. The van der Waals surface area contributed by atoms with E-state index in [0.717, 1.165) is 32.1 Å². The van der Waals surface area contributed by atoms with Gasteiger partial charge in [-0.2, -0.15) is 0 Å². The molecule has 7 nitrogen and oxygen atoms in total. The lowest BCUT2D eigenvalue weighted by molar-refractivity contribution is -0.576. The molecule has 4 aliphatic heterocycles. The van der Waals surface area contributed by atoms with Gasteiger partial charge in [-0.1, -0.05) is 20.8 Å². The van der Waals surface area contributed by atoms with E-state index in [1.54, 1.807) is 0 Å². The zero-order valence-corrected chi connectivity index (χ0v) is 16.1. The molecule has 4 saturated heterocycles. The van der Waals surface area contributed by atoms with Gasteiger partial charge in [0.15, 0.2) is 11.9 Å². The number of hydrogen-bond acceptors (Lipinski definition) is 7. The molecule has 0 aromatic rings. The number of carbonyl (C=O) groups is 1. The molecule has 148 valence electrons. The molecule has 2 bridgehead atoms. The van der Waals surface area contributed by atoms with Gasteiger partial charge in [-0.05, 0) is 44.4 Å². The van der Waals surface area contributed by atoms with E-state index >= 15 is 0 Å². The topological polar surface area (TPSA) is 72.5 Å². The molecule has 1 saturated carbocycles. The van der Waals surface area contributed by atoms with E-state index in [-0.39, 0.29) is 11.8 Å². The second-order valence-electron chi connectivity index (χ2n) is 8.49. The minimum absolute atomic E-state index is 0.0370. The van der Waals surface area contributed by atoms with Gasteiger partial charge in [0.1, 0.15) is 0 Å². The van der Waals surface area contributed by atoms with E-state index in [1.807, 2.05) is 20.8 Å². The van der Waals surface area contributed by atoms with Gasteiger partial charge in [0.25, 0.3) is 0 Å². The predicted molar refractivity (Wildman–Crippen MR) is 89.6 cm³/mol. The largest absolute Gasteiger partial charge is 0.510 e. The third-order valence-corrected chi connectivity index (χ3v) is 6.73. The number of ether oxygens (including phenoxy) is 4. The summed E-state index contributed by atoms with van der Waals surface area (Å²) in [7, 11) is 0. The summed E-state index contributed by atoms with van der Waals surface area (Å²) >= 11 is 0. The van der Waals surface area contributed by atoms with E-state index < -0.39 is 30.1 Å². The molecule has 0 radical (unpaired) electrons. The van der Waals surface area contributed by atoms with Crippen LogP contribution in [0, 0.1) is 23.7 Å². The molecule has 5 rings (SSSR count). The Morgan fingerprint density at radius 1 is 1.15 bits per heavy atom. The van der Waals surface area contributed by atoms with Crippen molar-refractivity contribution >= 4 is 6.16 Å². The van der Waals surface area contributed by atoms with Crippen molar-refractivity contribution in [1.29, 1.82) is 0 Å². The predicted octanol–water partition coefficient (Wildman–Crippen LogP) is 3.76. The Balaban J connectivity index is 1.61. The van der Waals surface area contributed by atoms with Crippen LogP contribution in [0.2, 0.25) is 0 Å². The minimum atomic E-state index is -0.828. The Hall–Kier alpha value is -0.890. The van der Waals surface area contributed by atoms with Crippen molar-refractivity contribution in [1.82, 2.24) is 0 Å². The zero-order chi connectivity index (χ0) is 18.5. The molecule has 0 amide bonds. The van der Waals surface area contributed by atoms with Crippen LogP contribution >= 0.6 is 0 Å². The zero-order valence-electron chi connectivity index (χ0n) is 16.1. The van der Waals surface area contributed by atoms with Crippen LogP contribution in [0.3, 0.4) is 0 Å². The van der Waals surface area contributed by atoms with Crippen LogP contribution in [0.4, 0.5) is 4.79 Å². The van der Waals surface area contributed by atoms with Crippen LogP contribution < -0.4 is 0 Å². The van der Waals surface area contributed by atoms with Crippen molar-refractivity contribution in [2.24, 2.45) is 23.7 Å². The fourth-order valence-corrected chi connectivity index (χ4v) is 5.32. The molecule has 0 aromatic carbocycles. The van der Waals surface area contributed by atoms with E-state index in [9.17, 15) is 4.79 Å². The standard InChI is InChI=1S/C19H30O7/c1-5-10-21-17(20)23-15-12(3)14-7-6-11(2)13-8-9-18(4)24-16(22-15)19(13,14)26-25-18/h11-16H,5-10H2,1-4H3/t11-,12-,13+,14+,15+,16-,18-,19-/m1/s1. The van der Waals surface area contributed by atoms with Crippen LogP contribution in [-0.4, -0.2) is 36.7 Å². The SMILES string of the molecule is CCCOC(=O)O[C@@H]1O[C@@H]2O[C@@]3(C)CC[C@H]4[C@H](C)CC[C@@H]([C@H]1C)[C@@]24OO3. The maximum Gasteiger partial charge on any atom is 0.510 e. The van der Waals surface area contributed by atoms with E-state index in [2.05, 4.69) is 6.92 Å². The third kappa shape index (κ3) is 2.75. The van der Waals surface area contributed by atoms with Gasteiger partial charge >= 0.3 is 6.16 Å². The fourth-order valence-electron chi connectivity index (χ4n) is 5.32. The molecule has 0 N–H and O–H groups in total. The molecule has 8 atom stereocenters. The Morgan fingerprint density at radius 3 is 2.73 bits per heavy atom. The monoisotopic (exact) mass is 370 g/mol. The average Bonchev–Trinajstić information content (AvgIpc) is 2.84. The highest BCUT2D eigenvalue weighted by atomic mass is 17.3. The fraction of sp³-hybridized carbons (Fsp3) is 0.947. The summed E-state index contributed by atoms with van der Waals surface area (Å²) in [6, 6.07) is 0. The summed E-state index contributed by atoms with van der Waals surface area (Å²) in [5, 5.41) is 0. The average molecular weight is 370 g/mol. The van der Waals surface area contributed by atoms with Gasteiger partial charge in [0.2, 0.25) is 12.1 Å². The van der Waals surface area contributed by atoms with Gasteiger partial charge in [-0.25, -0.2) is 14.6 Å². The van der Waals surface area contributed by atoms with Crippen molar-refractivity contribution in [3.8, 4) is 0 Å². The van der Waals surface area contributed by atoms with Crippen LogP contribution in [0.15, 0.2) is 0 Å². The third-order valence-electron chi connectivity index (χ3n) is 6.73. The lowest BCUT2D eigenvalue weighted by Gasteiger charge is -2.59. The van der Waals surface area contributed by atoms with Crippen molar-refractivity contribution < 1.29 is 33.5 Å². The summed E-state index contributed by atoms with van der Waals surface area (Å²) in [6.07, 6.45) is 2.55. The summed E-state index contributed by atoms with van der Waals surface area (Å²) in [5.41, 5.74) is -0.639. The first-order chi connectivity index (χ1) is 12.4. The Labute approximate surface area is 154 Å². The molecule has 1 spiro atoms. The van der Waals surface area contributed by atoms with Crippen molar-refractivity contribution in [2.75, 3.05) is 6.61 Å². The van der Waals surface area contributed by atoms with Crippen LogP contribution in [0.5, 0.6) is 0 Å². The first kappa shape index (κ1) is 18.5. The molecule has 26 heavy (non-hydrogen) atoms. The van der Waals surface area contributed by atoms with E-state index in [4.69, 9.17) is 28.7 Å². The first-order valence-corrected chi connectivity index (χ1v) is 9.93. The quantitative estimate of drug-likeness (QED) is 0.553. The highest BCUT2D eigenvalue weighted by Gasteiger charge is 2.69. The molecular formula is C19H30O7. The molecule has 5 aliphatic rings. The summed E-state index contributed by atoms with van der Waals surface area (Å²) < 4.78 is 22.9. The number of rotatable bonds is 3. The van der Waals surface area contributed by atoms with E-state index in [0.29, 0.717) is 18.4 Å². The summed E-state index contributed by atoms with van der Waals surface area (Å²) in [4.78, 5) is 23.8. The lowest BCUT2D eigenvalue weighted by Crippen LogP contribution is -2.70. The van der Waals surface area contributed by atoms with Gasteiger partial charge in [0.05, 0.1) is 6.61 Å². The normalized spacial score (nSPS) is 49.8. The number of fused-ring (bicyclic) bond motifs is 2. The number of hydrogen-bond donors (Lipinski definition) is 0. The van der Waals surface area contributed by atoms with Crippen LogP contribution in [0.1, 0.15) is 59.8 Å². The van der Waals surface area contributed by atoms with E-state index in [1.165, 1.54) is 0 Å². The molecule has 5 fully saturated rings. The first-order valence-electron chi connectivity index (χ1n) is 9.93. The second kappa shape index (κ2) is 6.62. The van der Waals surface area contributed by atoms with Gasteiger partial charge in [-0.15, -0.1) is 0 Å². The van der Waals surface area contributed by atoms with Crippen molar-refractivity contribution in [2.45, 2.75) is 83.8 Å². The lowest BCUT2D eigenvalue weighted by atomic mass is 9.58. The maximum atomic E-state index is 12.0. The second-order valence-corrected chi connectivity index (χ2v) is 8.49. The molecule has 7 heteroatoms.